The summed E-state index contributed by atoms with van der Waals surface area (Å²) in [5, 5.41) is 9.01. The van der Waals surface area contributed by atoms with E-state index in [1.807, 2.05) is 5.38 Å². The van der Waals surface area contributed by atoms with Crippen LogP contribution in [0.5, 0.6) is 0 Å². The lowest BCUT2D eigenvalue weighted by molar-refractivity contribution is 0.102. The fourth-order valence-corrected chi connectivity index (χ4v) is 4.02. The minimum Gasteiger partial charge on any atom is -0.316 e. The number of piperidine rings is 1. The van der Waals surface area contributed by atoms with Crippen LogP contribution in [0.15, 0.2) is 28.6 Å². The maximum atomic E-state index is 12.4. The summed E-state index contributed by atoms with van der Waals surface area (Å²) in [7, 11) is 0. The van der Waals surface area contributed by atoms with Gasteiger partial charge in [-0.15, -0.1) is 11.3 Å². The van der Waals surface area contributed by atoms with Crippen molar-refractivity contribution in [2.24, 2.45) is 0 Å². The normalized spacial score (nSPS) is 18.0. The standard InChI is InChI=1S/C15H15BrN6OS/c16-11-6-22-7-12(20-13(22)5-18-11)21-14(23)10-8-24-15(19-10)9-2-1-3-17-4-9/h5-9,17H,1-4H2,(H,21,23). The van der Waals surface area contributed by atoms with Crippen molar-refractivity contribution in [2.75, 3.05) is 18.4 Å². The Bertz CT molecular complexity index is 885. The van der Waals surface area contributed by atoms with E-state index in [1.54, 1.807) is 34.3 Å². The van der Waals surface area contributed by atoms with E-state index in [0.29, 0.717) is 27.7 Å². The SMILES string of the molecule is O=C(Nc1cn2cc(Br)ncc2n1)c1csc(C2CCCNC2)n1. The van der Waals surface area contributed by atoms with Gasteiger partial charge in [-0.3, -0.25) is 4.79 Å². The third-order valence-electron chi connectivity index (χ3n) is 3.95. The van der Waals surface area contributed by atoms with Gasteiger partial charge in [-0.05, 0) is 35.3 Å². The van der Waals surface area contributed by atoms with Gasteiger partial charge in [-0.25, -0.2) is 15.0 Å². The minimum absolute atomic E-state index is 0.239. The third-order valence-corrected chi connectivity index (χ3v) is 5.37. The van der Waals surface area contributed by atoms with Crippen molar-refractivity contribution >= 4 is 44.6 Å². The Kier molecular flexibility index (Phi) is 4.30. The molecule has 4 rings (SSSR count). The number of hydrogen-bond donors (Lipinski definition) is 2. The molecule has 2 N–H and O–H groups in total. The molecule has 0 saturated carbocycles. The van der Waals surface area contributed by atoms with Gasteiger partial charge < -0.3 is 15.0 Å². The van der Waals surface area contributed by atoms with Crippen molar-refractivity contribution < 1.29 is 4.79 Å². The van der Waals surface area contributed by atoms with Crippen LogP contribution in [0.3, 0.4) is 0 Å². The first-order chi connectivity index (χ1) is 11.7. The summed E-state index contributed by atoms with van der Waals surface area (Å²) >= 11 is 4.86. The molecule has 1 unspecified atom stereocenters. The largest absolute Gasteiger partial charge is 0.316 e. The van der Waals surface area contributed by atoms with Gasteiger partial charge in [0.1, 0.15) is 10.3 Å². The molecule has 1 fully saturated rings. The summed E-state index contributed by atoms with van der Waals surface area (Å²) in [6, 6.07) is 0. The molecule has 1 aliphatic rings. The highest BCUT2D eigenvalue weighted by Crippen LogP contribution is 2.26. The van der Waals surface area contributed by atoms with E-state index in [2.05, 4.69) is 41.5 Å². The van der Waals surface area contributed by atoms with E-state index in [4.69, 9.17) is 0 Å². The number of carbonyl (C=O) groups excluding carboxylic acids is 1. The van der Waals surface area contributed by atoms with Gasteiger partial charge in [0.05, 0.1) is 17.4 Å². The number of nitrogens with zero attached hydrogens (tertiary/aromatic N) is 4. The fourth-order valence-electron chi connectivity index (χ4n) is 2.76. The Morgan fingerprint density at radius 2 is 2.33 bits per heavy atom. The Morgan fingerprint density at radius 1 is 1.42 bits per heavy atom. The van der Waals surface area contributed by atoms with E-state index in [9.17, 15) is 4.79 Å². The Labute approximate surface area is 150 Å². The third kappa shape index (κ3) is 3.19. The number of rotatable bonds is 3. The zero-order valence-electron chi connectivity index (χ0n) is 12.7. The molecule has 0 bridgehead atoms. The predicted molar refractivity (Wildman–Crippen MR) is 95.6 cm³/mol. The first kappa shape index (κ1) is 15.7. The van der Waals surface area contributed by atoms with Gasteiger partial charge in [0.2, 0.25) is 0 Å². The molecular formula is C15H15BrN6OS. The molecule has 9 heteroatoms. The zero-order chi connectivity index (χ0) is 16.5. The lowest BCUT2D eigenvalue weighted by atomic mass is 10.0. The first-order valence-electron chi connectivity index (χ1n) is 7.67. The molecule has 0 aromatic carbocycles. The Morgan fingerprint density at radius 3 is 3.17 bits per heavy atom. The number of halogens is 1. The van der Waals surface area contributed by atoms with E-state index >= 15 is 0 Å². The molecule has 0 radical (unpaired) electrons. The molecule has 3 aromatic rings. The van der Waals surface area contributed by atoms with Gasteiger partial charge in [0.15, 0.2) is 11.5 Å². The molecule has 3 aromatic heterocycles. The molecule has 0 aliphatic carbocycles. The average molecular weight is 407 g/mol. The summed E-state index contributed by atoms with van der Waals surface area (Å²) in [6.07, 6.45) is 7.44. The van der Waals surface area contributed by atoms with Gasteiger partial charge in [0.25, 0.3) is 5.91 Å². The number of thiazole rings is 1. The maximum absolute atomic E-state index is 12.4. The number of imidazole rings is 1. The topological polar surface area (TPSA) is 84.2 Å². The molecule has 124 valence electrons. The summed E-state index contributed by atoms with van der Waals surface area (Å²) in [5.74, 6) is 0.648. The van der Waals surface area contributed by atoms with Crippen LogP contribution in [0.2, 0.25) is 0 Å². The molecular weight excluding hydrogens is 392 g/mol. The molecule has 7 nitrogen and oxygen atoms in total. The molecule has 0 spiro atoms. The molecule has 24 heavy (non-hydrogen) atoms. The van der Waals surface area contributed by atoms with Crippen LogP contribution in [0, 0.1) is 0 Å². The number of hydrogen-bond acceptors (Lipinski definition) is 6. The van der Waals surface area contributed by atoms with E-state index in [-0.39, 0.29) is 5.91 Å². The number of nitrogens with one attached hydrogen (secondary N) is 2. The molecule has 1 saturated heterocycles. The van der Waals surface area contributed by atoms with Gasteiger partial charge >= 0.3 is 0 Å². The zero-order valence-corrected chi connectivity index (χ0v) is 15.1. The van der Waals surface area contributed by atoms with Crippen LogP contribution >= 0.6 is 27.3 Å². The molecule has 4 heterocycles. The summed E-state index contributed by atoms with van der Waals surface area (Å²) in [6.45, 7) is 2.00. The summed E-state index contributed by atoms with van der Waals surface area (Å²) in [5.41, 5.74) is 1.11. The van der Waals surface area contributed by atoms with Gasteiger partial charge in [-0.2, -0.15) is 0 Å². The summed E-state index contributed by atoms with van der Waals surface area (Å²) < 4.78 is 2.50. The summed E-state index contributed by atoms with van der Waals surface area (Å²) in [4.78, 5) is 25.4. The van der Waals surface area contributed by atoms with E-state index in [0.717, 1.165) is 30.9 Å². The molecule has 1 amide bonds. The van der Waals surface area contributed by atoms with Crippen molar-refractivity contribution in [3.63, 3.8) is 0 Å². The highest BCUT2D eigenvalue weighted by atomic mass is 79.9. The van der Waals surface area contributed by atoms with Crippen molar-refractivity contribution in [1.29, 1.82) is 0 Å². The van der Waals surface area contributed by atoms with Crippen LogP contribution in [-0.2, 0) is 0 Å². The van der Waals surface area contributed by atoms with E-state index < -0.39 is 0 Å². The van der Waals surface area contributed by atoms with E-state index in [1.165, 1.54) is 0 Å². The number of anilines is 1. The smallest absolute Gasteiger partial charge is 0.276 e. The number of aromatic nitrogens is 4. The Hall–Kier alpha value is -1.84. The van der Waals surface area contributed by atoms with Crippen molar-refractivity contribution in [3.05, 3.63) is 39.3 Å². The number of fused-ring (bicyclic) bond motifs is 1. The van der Waals surface area contributed by atoms with Crippen LogP contribution < -0.4 is 10.6 Å². The molecule has 1 atom stereocenters. The molecule has 1 aliphatic heterocycles. The van der Waals surface area contributed by atoms with Crippen LogP contribution in [0.25, 0.3) is 5.65 Å². The lowest BCUT2D eigenvalue weighted by Gasteiger charge is -2.20. The van der Waals surface area contributed by atoms with Crippen LogP contribution in [-0.4, -0.2) is 38.3 Å². The van der Waals surface area contributed by atoms with Crippen LogP contribution in [0.4, 0.5) is 5.82 Å². The van der Waals surface area contributed by atoms with Gasteiger partial charge in [0, 0.05) is 24.0 Å². The number of amides is 1. The Balaban J connectivity index is 1.49. The van der Waals surface area contributed by atoms with Gasteiger partial charge in [-0.1, -0.05) is 0 Å². The number of carbonyl (C=O) groups is 1. The van der Waals surface area contributed by atoms with Crippen LogP contribution in [0.1, 0.15) is 34.3 Å². The average Bonchev–Trinajstić information content (AvgIpc) is 3.22. The second-order valence-electron chi connectivity index (χ2n) is 5.67. The second kappa shape index (κ2) is 6.58. The highest BCUT2D eigenvalue weighted by Gasteiger charge is 2.20. The highest BCUT2D eigenvalue weighted by molar-refractivity contribution is 9.10. The van der Waals surface area contributed by atoms with Crippen molar-refractivity contribution in [3.8, 4) is 0 Å². The monoisotopic (exact) mass is 406 g/mol. The quantitative estimate of drug-likeness (QED) is 0.698. The predicted octanol–water partition coefficient (Wildman–Crippen LogP) is 2.67. The lowest BCUT2D eigenvalue weighted by Crippen LogP contribution is -2.28. The fraction of sp³-hybridized carbons (Fsp3) is 0.333. The maximum Gasteiger partial charge on any atom is 0.276 e. The van der Waals surface area contributed by atoms with Crippen molar-refractivity contribution in [2.45, 2.75) is 18.8 Å². The second-order valence-corrected chi connectivity index (χ2v) is 7.37. The minimum atomic E-state index is -0.239. The van der Waals surface area contributed by atoms with Crippen molar-refractivity contribution in [1.82, 2.24) is 24.7 Å². The first-order valence-corrected chi connectivity index (χ1v) is 9.34.